The summed E-state index contributed by atoms with van der Waals surface area (Å²) in [6.45, 7) is 2.76. The largest absolute Gasteiger partial charge is 0.465 e. The number of carbonyl (C=O) groups excluding carboxylic acids is 1. The lowest BCUT2D eigenvalue weighted by Crippen LogP contribution is -2.05. The fraction of sp³-hybridized carbons (Fsp3) is 0.364. The van der Waals surface area contributed by atoms with Gasteiger partial charge in [-0.05, 0) is 13.0 Å². The zero-order valence-corrected chi connectivity index (χ0v) is 10.8. The molecule has 0 aliphatic carbocycles. The predicted molar refractivity (Wildman–Crippen MR) is 64.7 cm³/mol. The van der Waals surface area contributed by atoms with Crippen LogP contribution in [-0.4, -0.2) is 34.3 Å². The molecule has 0 aliphatic heterocycles. The van der Waals surface area contributed by atoms with Crippen LogP contribution < -0.4 is 0 Å². The molecule has 0 aliphatic rings. The molecule has 0 amide bonds. The Labute approximate surface area is 108 Å². The second kappa shape index (κ2) is 5.32. The predicted octanol–water partition coefficient (Wildman–Crippen LogP) is 1.71. The molecule has 96 valence electrons. The van der Waals surface area contributed by atoms with Gasteiger partial charge in [-0.1, -0.05) is 11.6 Å². The quantitative estimate of drug-likeness (QED) is 0.791. The number of rotatable bonds is 4. The van der Waals surface area contributed by atoms with Crippen LogP contribution in [0.5, 0.6) is 0 Å². The van der Waals surface area contributed by atoms with Crippen LogP contribution in [0.1, 0.15) is 23.1 Å². The SMILES string of the molecule is CCOCc1nnc2c(Cl)cc(C(=O)OC)cn12. The van der Waals surface area contributed by atoms with Crippen LogP contribution in [0.25, 0.3) is 5.65 Å². The molecule has 2 heterocycles. The summed E-state index contributed by atoms with van der Waals surface area (Å²) in [5.74, 6) is 0.120. The molecule has 0 atom stereocenters. The molecule has 0 saturated carbocycles. The summed E-state index contributed by atoms with van der Waals surface area (Å²) in [4.78, 5) is 11.5. The lowest BCUT2D eigenvalue weighted by atomic mass is 10.3. The number of pyridine rings is 1. The average molecular weight is 270 g/mol. The van der Waals surface area contributed by atoms with Crippen LogP contribution in [0.4, 0.5) is 0 Å². The first-order valence-corrected chi connectivity index (χ1v) is 5.74. The van der Waals surface area contributed by atoms with Crippen LogP contribution in [0.15, 0.2) is 12.3 Å². The maximum absolute atomic E-state index is 11.5. The standard InChI is InChI=1S/C11H12ClN3O3/c1-3-18-6-9-13-14-10-8(12)4-7(5-15(9)10)11(16)17-2/h4-5H,3,6H2,1-2H3. The number of methoxy groups -OCH3 is 1. The minimum Gasteiger partial charge on any atom is -0.465 e. The Hall–Kier alpha value is -1.66. The summed E-state index contributed by atoms with van der Waals surface area (Å²) < 4.78 is 11.6. The molecule has 0 fully saturated rings. The highest BCUT2D eigenvalue weighted by molar-refractivity contribution is 6.33. The van der Waals surface area contributed by atoms with Gasteiger partial charge in [0.1, 0.15) is 6.61 Å². The molecule has 0 aromatic carbocycles. The van der Waals surface area contributed by atoms with E-state index in [4.69, 9.17) is 16.3 Å². The van der Waals surface area contributed by atoms with E-state index in [9.17, 15) is 4.79 Å². The van der Waals surface area contributed by atoms with Crippen molar-refractivity contribution in [1.82, 2.24) is 14.6 Å². The van der Waals surface area contributed by atoms with Gasteiger partial charge >= 0.3 is 5.97 Å². The Morgan fingerprint density at radius 2 is 2.28 bits per heavy atom. The minimum absolute atomic E-state index is 0.304. The lowest BCUT2D eigenvalue weighted by Gasteiger charge is -2.04. The van der Waals surface area contributed by atoms with Gasteiger partial charge in [0.15, 0.2) is 11.5 Å². The van der Waals surface area contributed by atoms with Crippen molar-refractivity contribution < 1.29 is 14.3 Å². The molecule has 7 heteroatoms. The number of nitrogens with zero attached hydrogens (tertiary/aromatic N) is 3. The summed E-state index contributed by atoms with van der Waals surface area (Å²) in [7, 11) is 1.31. The van der Waals surface area contributed by atoms with E-state index < -0.39 is 5.97 Å². The first kappa shape index (κ1) is 12.8. The third-order valence-corrected chi connectivity index (χ3v) is 2.66. The molecule has 2 aromatic heterocycles. The van der Waals surface area contributed by atoms with E-state index in [1.54, 1.807) is 10.6 Å². The van der Waals surface area contributed by atoms with Crippen molar-refractivity contribution in [1.29, 1.82) is 0 Å². The summed E-state index contributed by atoms with van der Waals surface area (Å²) in [5, 5.41) is 8.26. The Morgan fingerprint density at radius 3 is 2.94 bits per heavy atom. The smallest absolute Gasteiger partial charge is 0.339 e. The van der Waals surface area contributed by atoms with Crippen molar-refractivity contribution in [2.75, 3.05) is 13.7 Å². The van der Waals surface area contributed by atoms with Crippen molar-refractivity contribution in [3.8, 4) is 0 Å². The van der Waals surface area contributed by atoms with Crippen LogP contribution in [-0.2, 0) is 16.1 Å². The number of ether oxygens (including phenoxy) is 2. The molecule has 0 saturated heterocycles. The summed E-state index contributed by atoms with van der Waals surface area (Å²) in [5.41, 5.74) is 0.826. The summed E-state index contributed by atoms with van der Waals surface area (Å²) in [6.07, 6.45) is 1.58. The lowest BCUT2D eigenvalue weighted by molar-refractivity contribution is 0.0600. The Balaban J connectivity index is 2.50. The van der Waals surface area contributed by atoms with E-state index in [1.807, 2.05) is 6.92 Å². The zero-order valence-electron chi connectivity index (χ0n) is 10.0. The third kappa shape index (κ3) is 2.30. The monoisotopic (exact) mass is 269 g/mol. The number of hydrogen-bond donors (Lipinski definition) is 0. The van der Waals surface area contributed by atoms with Crippen LogP contribution >= 0.6 is 11.6 Å². The van der Waals surface area contributed by atoms with E-state index in [0.717, 1.165) is 0 Å². The van der Waals surface area contributed by atoms with E-state index in [0.29, 0.717) is 35.3 Å². The number of aromatic nitrogens is 3. The molecule has 0 N–H and O–H groups in total. The summed E-state index contributed by atoms with van der Waals surface area (Å²) in [6, 6.07) is 1.50. The molecule has 6 nitrogen and oxygen atoms in total. The molecule has 2 aromatic rings. The van der Waals surface area contributed by atoms with E-state index in [2.05, 4.69) is 14.9 Å². The van der Waals surface area contributed by atoms with Crippen molar-refractivity contribution >= 4 is 23.2 Å². The van der Waals surface area contributed by atoms with Gasteiger partial charge in [-0.25, -0.2) is 4.79 Å². The molecule has 2 rings (SSSR count). The van der Waals surface area contributed by atoms with Gasteiger partial charge in [0, 0.05) is 12.8 Å². The first-order chi connectivity index (χ1) is 8.67. The minimum atomic E-state index is -0.463. The third-order valence-electron chi connectivity index (χ3n) is 2.39. The second-order valence-corrected chi connectivity index (χ2v) is 3.92. The second-order valence-electron chi connectivity index (χ2n) is 3.52. The van der Waals surface area contributed by atoms with Gasteiger partial charge in [0.2, 0.25) is 0 Å². The highest BCUT2D eigenvalue weighted by atomic mass is 35.5. The number of esters is 1. The maximum atomic E-state index is 11.5. The zero-order chi connectivity index (χ0) is 13.1. The highest BCUT2D eigenvalue weighted by Crippen LogP contribution is 2.19. The van der Waals surface area contributed by atoms with E-state index in [1.165, 1.54) is 13.2 Å². The molecule has 0 radical (unpaired) electrons. The normalized spacial score (nSPS) is 10.8. The highest BCUT2D eigenvalue weighted by Gasteiger charge is 2.14. The van der Waals surface area contributed by atoms with Crippen LogP contribution in [0.2, 0.25) is 5.02 Å². The topological polar surface area (TPSA) is 65.7 Å². The van der Waals surface area contributed by atoms with Gasteiger partial charge in [-0.3, -0.25) is 4.40 Å². The fourth-order valence-corrected chi connectivity index (χ4v) is 1.77. The van der Waals surface area contributed by atoms with Gasteiger partial charge in [0.25, 0.3) is 0 Å². The molecule has 0 bridgehead atoms. The average Bonchev–Trinajstić information content (AvgIpc) is 2.79. The van der Waals surface area contributed by atoms with Crippen LogP contribution in [0, 0.1) is 0 Å². The molecule has 0 unspecified atom stereocenters. The van der Waals surface area contributed by atoms with Gasteiger partial charge in [0.05, 0.1) is 17.7 Å². The van der Waals surface area contributed by atoms with Crippen molar-refractivity contribution in [2.24, 2.45) is 0 Å². The van der Waals surface area contributed by atoms with Gasteiger partial charge < -0.3 is 9.47 Å². The molecule has 0 spiro atoms. The van der Waals surface area contributed by atoms with Crippen LogP contribution in [0.3, 0.4) is 0 Å². The number of fused-ring (bicyclic) bond motifs is 1. The van der Waals surface area contributed by atoms with Crippen molar-refractivity contribution in [3.63, 3.8) is 0 Å². The summed E-state index contributed by atoms with van der Waals surface area (Å²) >= 11 is 6.04. The first-order valence-electron chi connectivity index (χ1n) is 5.36. The fourth-order valence-electron chi connectivity index (χ4n) is 1.52. The van der Waals surface area contributed by atoms with E-state index >= 15 is 0 Å². The number of hydrogen-bond acceptors (Lipinski definition) is 5. The number of carbonyl (C=O) groups is 1. The van der Waals surface area contributed by atoms with Crippen molar-refractivity contribution in [3.05, 3.63) is 28.7 Å². The molecule has 18 heavy (non-hydrogen) atoms. The molecular weight excluding hydrogens is 258 g/mol. The van der Waals surface area contributed by atoms with Gasteiger partial charge in [-0.15, -0.1) is 10.2 Å². The Bertz CT molecular complexity index is 582. The Morgan fingerprint density at radius 1 is 1.50 bits per heavy atom. The number of halogens is 1. The van der Waals surface area contributed by atoms with Crippen molar-refractivity contribution in [2.45, 2.75) is 13.5 Å². The van der Waals surface area contributed by atoms with E-state index in [-0.39, 0.29) is 0 Å². The molecular formula is C11H12ClN3O3. The Kier molecular flexibility index (Phi) is 3.78. The maximum Gasteiger partial charge on any atom is 0.339 e. The van der Waals surface area contributed by atoms with Gasteiger partial charge in [-0.2, -0.15) is 0 Å².